The number of esters is 2. The van der Waals surface area contributed by atoms with Crippen LogP contribution in [0.25, 0.3) is 0 Å². The van der Waals surface area contributed by atoms with Crippen LogP contribution in [0.1, 0.15) is 50.2 Å². The number of hydrogen-bond acceptors (Lipinski definition) is 5. The molecule has 0 saturated carbocycles. The van der Waals surface area contributed by atoms with Crippen molar-refractivity contribution < 1.29 is 19.1 Å². The van der Waals surface area contributed by atoms with Gasteiger partial charge in [-0.05, 0) is 65.9 Å². The molecule has 0 spiro atoms. The van der Waals surface area contributed by atoms with Crippen molar-refractivity contribution in [2.24, 2.45) is 5.92 Å². The van der Waals surface area contributed by atoms with E-state index in [-0.39, 0.29) is 23.3 Å². The molecule has 0 saturated heterocycles. The molecule has 2 aliphatic rings. The van der Waals surface area contributed by atoms with Gasteiger partial charge in [-0.3, -0.25) is 0 Å². The first kappa shape index (κ1) is 21.3. The highest BCUT2D eigenvalue weighted by Gasteiger charge is 2.38. The fourth-order valence-corrected chi connectivity index (χ4v) is 4.84. The van der Waals surface area contributed by atoms with Crippen LogP contribution in [0, 0.1) is 5.92 Å². The van der Waals surface area contributed by atoms with Gasteiger partial charge in [-0.1, -0.05) is 48.0 Å². The zero-order valence-corrected chi connectivity index (χ0v) is 18.7. The van der Waals surface area contributed by atoms with Gasteiger partial charge < -0.3 is 14.8 Å². The molecule has 0 aromatic heterocycles. The van der Waals surface area contributed by atoms with Crippen molar-refractivity contribution in [3.63, 3.8) is 0 Å². The zero-order chi connectivity index (χ0) is 22.9. The average molecular weight is 460 g/mol. The number of fused-ring (bicyclic) bond motifs is 3. The molecule has 166 valence electrons. The van der Waals surface area contributed by atoms with E-state index >= 15 is 0 Å². The molecule has 0 radical (unpaired) electrons. The Morgan fingerprint density at radius 1 is 1.00 bits per heavy atom. The van der Waals surface area contributed by atoms with Crippen molar-refractivity contribution in [3.05, 3.63) is 106 Å². The fraction of sp³-hybridized carbons (Fsp3) is 0.185. The summed E-state index contributed by atoms with van der Waals surface area (Å²) < 4.78 is 10.4. The SMILES string of the molecule is COC(=O)c1ccccc1OC(=O)c1ccc2c(c1)[C@H]1C=CC[C@@H]1[C@@H](c1ccc(Cl)cc1)N2. The van der Waals surface area contributed by atoms with Gasteiger partial charge in [0.25, 0.3) is 0 Å². The molecule has 0 unspecified atom stereocenters. The van der Waals surface area contributed by atoms with E-state index in [2.05, 4.69) is 29.6 Å². The molecule has 33 heavy (non-hydrogen) atoms. The minimum Gasteiger partial charge on any atom is -0.465 e. The monoisotopic (exact) mass is 459 g/mol. The Labute approximate surface area is 197 Å². The van der Waals surface area contributed by atoms with Crippen molar-refractivity contribution >= 4 is 29.2 Å². The molecule has 3 atom stereocenters. The molecule has 5 nitrogen and oxygen atoms in total. The zero-order valence-electron chi connectivity index (χ0n) is 18.0. The summed E-state index contributed by atoms with van der Waals surface area (Å²) in [5.74, 6) is -0.374. The number of benzene rings is 3. The van der Waals surface area contributed by atoms with Gasteiger partial charge in [-0.2, -0.15) is 0 Å². The molecule has 1 heterocycles. The van der Waals surface area contributed by atoms with Crippen LogP contribution in [0.2, 0.25) is 5.02 Å². The summed E-state index contributed by atoms with van der Waals surface area (Å²) in [6, 6.07) is 20.2. The number of allylic oxidation sites excluding steroid dienone is 2. The Morgan fingerprint density at radius 2 is 1.79 bits per heavy atom. The maximum absolute atomic E-state index is 12.9. The van der Waals surface area contributed by atoms with Crippen LogP contribution in [0.15, 0.2) is 78.9 Å². The molecule has 0 fully saturated rings. The third-order valence-electron chi connectivity index (χ3n) is 6.32. The molecule has 0 bridgehead atoms. The molecule has 3 aromatic rings. The lowest BCUT2D eigenvalue weighted by Gasteiger charge is -2.37. The van der Waals surface area contributed by atoms with Crippen LogP contribution in [0.5, 0.6) is 5.75 Å². The summed E-state index contributed by atoms with van der Waals surface area (Å²) in [6.07, 6.45) is 5.37. The van der Waals surface area contributed by atoms with Crippen molar-refractivity contribution in [3.8, 4) is 5.75 Å². The summed E-state index contributed by atoms with van der Waals surface area (Å²) in [5.41, 5.74) is 3.88. The Balaban J connectivity index is 1.43. The van der Waals surface area contributed by atoms with Crippen LogP contribution in [-0.4, -0.2) is 19.0 Å². The highest BCUT2D eigenvalue weighted by atomic mass is 35.5. The van der Waals surface area contributed by atoms with Gasteiger partial charge >= 0.3 is 11.9 Å². The van der Waals surface area contributed by atoms with Crippen molar-refractivity contribution in [2.75, 3.05) is 12.4 Å². The van der Waals surface area contributed by atoms with Crippen LogP contribution in [-0.2, 0) is 4.74 Å². The van der Waals surface area contributed by atoms with E-state index in [1.54, 1.807) is 30.3 Å². The summed E-state index contributed by atoms with van der Waals surface area (Å²) in [6.45, 7) is 0. The summed E-state index contributed by atoms with van der Waals surface area (Å²) in [7, 11) is 1.29. The first-order chi connectivity index (χ1) is 16.0. The van der Waals surface area contributed by atoms with E-state index in [4.69, 9.17) is 21.1 Å². The number of methoxy groups -OCH3 is 1. The first-order valence-electron chi connectivity index (χ1n) is 10.8. The maximum atomic E-state index is 12.9. The van der Waals surface area contributed by atoms with E-state index in [0.717, 1.165) is 17.7 Å². The number of rotatable bonds is 4. The van der Waals surface area contributed by atoms with Gasteiger partial charge in [0.05, 0.1) is 18.7 Å². The molecular formula is C27H22ClNO4. The molecule has 1 aliphatic carbocycles. The lowest BCUT2D eigenvalue weighted by molar-refractivity contribution is 0.0593. The third-order valence-corrected chi connectivity index (χ3v) is 6.57. The standard InChI is InChI=1S/C27H22ClNO4/c1-32-27(31)21-5-2-3-8-24(21)33-26(30)17-11-14-23-22(15-17)19-6-4-7-20(19)25(29-23)16-9-12-18(28)13-10-16/h2-6,8-15,19-20,25,29H,7H2,1H3/t19-,20-,25+/m0/s1. The normalized spacial score (nSPS) is 20.4. The highest BCUT2D eigenvalue weighted by Crippen LogP contribution is 2.50. The summed E-state index contributed by atoms with van der Waals surface area (Å²) in [4.78, 5) is 24.9. The highest BCUT2D eigenvalue weighted by molar-refractivity contribution is 6.30. The molecule has 1 aliphatic heterocycles. The second kappa shape index (κ2) is 8.75. The Hall–Kier alpha value is -3.57. The topological polar surface area (TPSA) is 64.6 Å². The quantitative estimate of drug-likeness (QED) is 0.287. The molecule has 1 N–H and O–H groups in total. The van der Waals surface area contributed by atoms with Crippen molar-refractivity contribution in [1.82, 2.24) is 0 Å². The minimum atomic E-state index is -0.555. The largest absolute Gasteiger partial charge is 0.465 e. The van der Waals surface area contributed by atoms with E-state index in [1.807, 2.05) is 24.3 Å². The first-order valence-corrected chi connectivity index (χ1v) is 11.1. The smallest absolute Gasteiger partial charge is 0.343 e. The number of anilines is 1. The van der Waals surface area contributed by atoms with Gasteiger partial charge in [-0.15, -0.1) is 0 Å². The van der Waals surface area contributed by atoms with Crippen LogP contribution < -0.4 is 10.1 Å². The third kappa shape index (κ3) is 4.00. The number of carbonyl (C=O) groups is 2. The molecule has 0 amide bonds. The second-order valence-electron chi connectivity index (χ2n) is 8.21. The number of ether oxygens (including phenoxy) is 2. The number of nitrogens with one attached hydrogen (secondary N) is 1. The fourth-order valence-electron chi connectivity index (χ4n) is 4.71. The predicted octanol–water partition coefficient (Wildman–Crippen LogP) is 6.17. The molecule has 6 heteroatoms. The van der Waals surface area contributed by atoms with E-state index < -0.39 is 11.9 Å². The van der Waals surface area contributed by atoms with Gasteiger partial charge in [0, 0.05) is 16.6 Å². The Morgan fingerprint density at radius 3 is 2.58 bits per heavy atom. The number of para-hydroxylation sites is 1. The second-order valence-corrected chi connectivity index (χ2v) is 8.64. The van der Waals surface area contributed by atoms with E-state index in [1.165, 1.54) is 12.7 Å². The van der Waals surface area contributed by atoms with Gasteiger partial charge in [0.2, 0.25) is 0 Å². The lowest BCUT2D eigenvalue weighted by atomic mass is 9.76. The Bertz CT molecular complexity index is 1250. The van der Waals surface area contributed by atoms with Gasteiger partial charge in [0.1, 0.15) is 11.3 Å². The Kier molecular flexibility index (Phi) is 5.65. The maximum Gasteiger partial charge on any atom is 0.343 e. The number of hydrogen-bond donors (Lipinski definition) is 1. The number of halogens is 1. The van der Waals surface area contributed by atoms with E-state index in [0.29, 0.717) is 16.5 Å². The molecule has 5 rings (SSSR count). The lowest BCUT2D eigenvalue weighted by Crippen LogP contribution is -2.29. The summed E-state index contributed by atoms with van der Waals surface area (Å²) >= 11 is 6.08. The van der Waals surface area contributed by atoms with E-state index in [9.17, 15) is 9.59 Å². The molecule has 3 aromatic carbocycles. The summed E-state index contributed by atoms with van der Waals surface area (Å²) in [5, 5.41) is 4.37. The minimum absolute atomic E-state index is 0.152. The van der Waals surface area contributed by atoms with Crippen molar-refractivity contribution in [1.29, 1.82) is 0 Å². The van der Waals surface area contributed by atoms with Crippen molar-refractivity contribution in [2.45, 2.75) is 18.4 Å². The molecular weight excluding hydrogens is 438 g/mol. The van der Waals surface area contributed by atoms with Crippen LogP contribution >= 0.6 is 11.6 Å². The van der Waals surface area contributed by atoms with Crippen LogP contribution in [0.4, 0.5) is 5.69 Å². The van der Waals surface area contributed by atoms with Gasteiger partial charge in [0.15, 0.2) is 0 Å². The average Bonchev–Trinajstić information content (AvgIpc) is 3.34. The predicted molar refractivity (Wildman–Crippen MR) is 127 cm³/mol. The number of carbonyl (C=O) groups excluding carboxylic acids is 2. The van der Waals surface area contributed by atoms with Gasteiger partial charge in [-0.25, -0.2) is 9.59 Å². The van der Waals surface area contributed by atoms with Crippen LogP contribution in [0.3, 0.4) is 0 Å².